The predicted octanol–water partition coefficient (Wildman–Crippen LogP) is 3.99. The maximum Gasteiger partial charge on any atom is 0.358 e. The Kier molecular flexibility index (Phi) is 4.96. The van der Waals surface area contributed by atoms with E-state index in [1.165, 1.54) is 0 Å². The van der Waals surface area contributed by atoms with E-state index in [9.17, 15) is 4.79 Å². The van der Waals surface area contributed by atoms with Gasteiger partial charge >= 0.3 is 5.97 Å². The minimum Gasteiger partial charge on any atom is -0.490 e. The molecule has 5 nitrogen and oxygen atoms in total. The minimum atomic E-state index is -0.460. The summed E-state index contributed by atoms with van der Waals surface area (Å²) >= 11 is 1.58. The second-order valence-corrected chi connectivity index (χ2v) is 6.35. The summed E-state index contributed by atoms with van der Waals surface area (Å²) in [5.41, 5.74) is 3.26. The van der Waals surface area contributed by atoms with Crippen LogP contribution in [0.1, 0.15) is 21.6 Å². The van der Waals surface area contributed by atoms with Crippen LogP contribution in [0.4, 0.5) is 0 Å². The van der Waals surface area contributed by atoms with Gasteiger partial charge in [-0.25, -0.2) is 4.79 Å². The summed E-state index contributed by atoms with van der Waals surface area (Å²) in [6.45, 7) is 4.47. The van der Waals surface area contributed by atoms with Gasteiger partial charge in [-0.1, -0.05) is 18.2 Å². The van der Waals surface area contributed by atoms with Crippen LogP contribution in [0.2, 0.25) is 0 Å². The average molecular weight is 342 g/mol. The van der Waals surface area contributed by atoms with Crippen molar-refractivity contribution in [3.05, 3.63) is 58.6 Å². The van der Waals surface area contributed by atoms with E-state index in [1.54, 1.807) is 17.4 Å². The number of carbonyl (C=O) groups excluding carboxylic acids is 1. The number of carbonyl (C=O) groups is 1. The molecule has 3 rings (SSSR count). The van der Waals surface area contributed by atoms with Crippen molar-refractivity contribution in [3.63, 3.8) is 0 Å². The van der Waals surface area contributed by atoms with E-state index >= 15 is 0 Å². The normalized spacial score (nSPS) is 10.6. The molecule has 0 fully saturated rings. The van der Waals surface area contributed by atoms with Crippen molar-refractivity contribution in [2.24, 2.45) is 0 Å². The van der Waals surface area contributed by atoms with Crippen LogP contribution in [-0.2, 0) is 4.74 Å². The number of hydrogen-bond acceptors (Lipinski definition) is 5. The highest BCUT2D eigenvalue weighted by Gasteiger charge is 2.13. The summed E-state index contributed by atoms with van der Waals surface area (Å²) in [5.74, 6) is 0.351. The zero-order valence-electron chi connectivity index (χ0n) is 13.5. The Morgan fingerprint density at radius 2 is 2.08 bits per heavy atom. The smallest absolute Gasteiger partial charge is 0.358 e. The number of ether oxygens (including phenoxy) is 2. The fourth-order valence-corrected chi connectivity index (χ4v) is 2.90. The number of benzene rings is 1. The van der Waals surface area contributed by atoms with E-state index < -0.39 is 5.97 Å². The van der Waals surface area contributed by atoms with Gasteiger partial charge < -0.3 is 9.47 Å². The Hall–Kier alpha value is -2.60. The average Bonchev–Trinajstić information content (AvgIpc) is 3.25. The first-order valence-corrected chi connectivity index (χ1v) is 8.48. The molecule has 1 aromatic carbocycles. The Labute approximate surface area is 144 Å². The van der Waals surface area contributed by atoms with Gasteiger partial charge in [0.05, 0.1) is 10.6 Å². The molecule has 0 radical (unpaired) electrons. The monoisotopic (exact) mass is 342 g/mol. The third-order valence-corrected chi connectivity index (χ3v) is 4.39. The lowest BCUT2D eigenvalue weighted by molar-refractivity contribution is 0.0443. The molecular weight excluding hydrogens is 324 g/mol. The maximum atomic E-state index is 12.0. The maximum absolute atomic E-state index is 12.0. The van der Waals surface area contributed by atoms with Gasteiger partial charge in [-0.2, -0.15) is 5.10 Å². The SMILES string of the molecule is Cc1ccc(C)c(OCCOC(=O)c2cc(-c3cccs3)[nH]n2)c1. The molecule has 0 bridgehead atoms. The first kappa shape index (κ1) is 16.3. The van der Waals surface area contributed by atoms with E-state index in [-0.39, 0.29) is 12.3 Å². The first-order valence-electron chi connectivity index (χ1n) is 7.60. The number of hydrogen-bond donors (Lipinski definition) is 1. The molecule has 2 aromatic heterocycles. The third kappa shape index (κ3) is 3.83. The zero-order chi connectivity index (χ0) is 16.9. The summed E-state index contributed by atoms with van der Waals surface area (Å²) in [7, 11) is 0. The molecule has 1 N–H and O–H groups in total. The number of nitrogens with one attached hydrogen (secondary N) is 1. The highest BCUT2D eigenvalue weighted by atomic mass is 32.1. The van der Waals surface area contributed by atoms with E-state index in [0.717, 1.165) is 27.4 Å². The summed E-state index contributed by atoms with van der Waals surface area (Å²) in [6.07, 6.45) is 0. The fraction of sp³-hybridized carbons (Fsp3) is 0.222. The molecule has 0 amide bonds. The van der Waals surface area contributed by atoms with Crippen LogP contribution in [0.3, 0.4) is 0 Å². The van der Waals surface area contributed by atoms with Crippen molar-refractivity contribution >= 4 is 17.3 Å². The molecule has 3 aromatic rings. The number of thiophene rings is 1. The fourth-order valence-electron chi connectivity index (χ4n) is 2.21. The molecule has 24 heavy (non-hydrogen) atoms. The standard InChI is InChI=1S/C18H18N2O3S/c1-12-5-6-13(2)16(10-12)22-7-8-23-18(21)15-11-14(19-20-15)17-4-3-9-24-17/h3-6,9-11H,7-8H2,1-2H3,(H,19,20). The van der Waals surface area contributed by atoms with Gasteiger partial charge in [0.1, 0.15) is 19.0 Å². The number of H-pyrrole nitrogens is 1. The Morgan fingerprint density at radius 1 is 1.21 bits per heavy atom. The van der Waals surface area contributed by atoms with Crippen molar-refractivity contribution in [2.75, 3.05) is 13.2 Å². The van der Waals surface area contributed by atoms with Gasteiger partial charge in [0.25, 0.3) is 0 Å². The molecule has 124 valence electrons. The van der Waals surface area contributed by atoms with Crippen LogP contribution in [0.5, 0.6) is 5.75 Å². The molecule has 2 heterocycles. The summed E-state index contributed by atoms with van der Waals surface area (Å²) in [5, 5.41) is 8.82. The molecule has 0 saturated heterocycles. The predicted molar refractivity (Wildman–Crippen MR) is 93.6 cm³/mol. The second kappa shape index (κ2) is 7.31. The molecule has 0 aliphatic carbocycles. The van der Waals surface area contributed by atoms with Crippen LogP contribution >= 0.6 is 11.3 Å². The van der Waals surface area contributed by atoms with Gasteiger partial charge in [-0.15, -0.1) is 11.3 Å². The lowest BCUT2D eigenvalue weighted by Crippen LogP contribution is -2.13. The zero-order valence-corrected chi connectivity index (χ0v) is 14.4. The molecule has 0 spiro atoms. The van der Waals surface area contributed by atoms with E-state index in [0.29, 0.717) is 6.61 Å². The van der Waals surface area contributed by atoms with Crippen LogP contribution in [-0.4, -0.2) is 29.4 Å². The van der Waals surface area contributed by atoms with Crippen molar-refractivity contribution in [1.29, 1.82) is 0 Å². The summed E-state index contributed by atoms with van der Waals surface area (Å²) < 4.78 is 10.9. The summed E-state index contributed by atoms with van der Waals surface area (Å²) in [6, 6.07) is 11.6. The number of esters is 1. The van der Waals surface area contributed by atoms with Crippen molar-refractivity contribution in [1.82, 2.24) is 10.2 Å². The minimum absolute atomic E-state index is 0.174. The Balaban J connectivity index is 1.50. The lowest BCUT2D eigenvalue weighted by Gasteiger charge is -2.09. The van der Waals surface area contributed by atoms with Crippen LogP contribution in [0.25, 0.3) is 10.6 Å². The first-order chi connectivity index (χ1) is 11.6. The topological polar surface area (TPSA) is 64.2 Å². The summed E-state index contributed by atoms with van der Waals surface area (Å²) in [4.78, 5) is 13.0. The molecule has 0 unspecified atom stereocenters. The molecule has 0 atom stereocenters. The second-order valence-electron chi connectivity index (χ2n) is 5.40. The van der Waals surface area contributed by atoms with Crippen LogP contribution in [0.15, 0.2) is 41.8 Å². The molecule has 0 aliphatic rings. The van der Waals surface area contributed by atoms with Gasteiger partial charge in [0.15, 0.2) is 5.69 Å². The largest absolute Gasteiger partial charge is 0.490 e. The molecule has 0 aliphatic heterocycles. The lowest BCUT2D eigenvalue weighted by atomic mass is 10.1. The van der Waals surface area contributed by atoms with Gasteiger partial charge in [-0.3, -0.25) is 5.10 Å². The third-order valence-electron chi connectivity index (χ3n) is 3.49. The molecule has 0 saturated carbocycles. The Bertz CT molecular complexity index is 825. The number of rotatable bonds is 6. The van der Waals surface area contributed by atoms with E-state index in [1.807, 2.05) is 49.6 Å². The van der Waals surface area contributed by atoms with Crippen molar-refractivity contribution < 1.29 is 14.3 Å². The van der Waals surface area contributed by atoms with Gasteiger partial charge in [-0.05, 0) is 48.6 Å². The molecular formula is C18H18N2O3S. The number of aromatic amines is 1. The number of aryl methyl sites for hydroxylation is 2. The number of nitrogens with zero attached hydrogens (tertiary/aromatic N) is 1. The van der Waals surface area contributed by atoms with Gasteiger partial charge in [0, 0.05) is 0 Å². The van der Waals surface area contributed by atoms with E-state index in [2.05, 4.69) is 10.2 Å². The highest BCUT2D eigenvalue weighted by molar-refractivity contribution is 7.13. The highest BCUT2D eigenvalue weighted by Crippen LogP contribution is 2.23. The van der Waals surface area contributed by atoms with Crippen molar-refractivity contribution in [3.8, 4) is 16.3 Å². The Morgan fingerprint density at radius 3 is 2.88 bits per heavy atom. The van der Waals surface area contributed by atoms with Crippen molar-refractivity contribution in [2.45, 2.75) is 13.8 Å². The van der Waals surface area contributed by atoms with Crippen LogP contribution < -0.4 is 4.74 Å². The quantitative estimate of drug-likeness (QED) is 0.543. The number of aromatic nitrogens is 2. The van der Waals surface area contributed by atoms with Crippen LogP contribution in [0, 0.1) is 13.8 Å². The van der Waals surface area contributed by atoms with E-state index in [4.69, 9.17) is 9.47 Å². The van der Waals surface area contributed by atoms with Gasteiger partial charge in [0.2, 0.25) is 0 Å². The molecule has 6 heteroatoms.